The highest BCUT2D eigenvalue weighted by atomic mass is 79.9. The first kappa shape index (κ1) is 13.8. The number of nitrogen functional groups attached to an aromatic ring is 1. The monoisotopic (exact) mass is 341 g/mol. The molecule has 2 rings (SSSR count). The molecular formula is C12H12BrN3O2S. The van der Waals surface area contributed by atoms with E-state index >= 15 is 0 Å². The SMILES string of the molecule is Cc1ccnc(NS(=O)(=O)c2ccc(N)c(Br)c2)c1. The van der Waals surface area contributed by atoms with Gasteiger partial charge in [0.25, 0.3) is 10.0 Å². The Morgan fingerprint density at radius 1 is 1.26 bits per heavy atom. The number of aromatic nitrogens is 1. The molecule has 0 fully saturated rings. The Bertz CT molecular complexity index is 717. The average Bonchev–Trinajstić information content (AvgIpc) is 2.32. The summed E-state index contributed by atoms with van der Waals surface area (Å²) < 4.78 is 27.3. The number of pyridine rings is 1. The highest BCUT2D eigenvalue weighted by Gasteiger charge is 2.15. The van der Waals surface area contributed by atoms with Gasteiger partial charge in [-0.2, -0.15) is 0 Å². The van der Waals surface area contributed by atoms with E-state index in [0.717, 1.165) is 5.56 Å². The number of rotatable bonds is 3. The molecule has 0 aliphatic rings. The Hall–Kier alpha value is -1.60. The summed E-state index contributed by atoms with van der Waals surface area (Å²) in [7, 11) is -3.67. The summed E-state index contributed by atoms with van der Waals surface area (Å²) in [5.74, 6) is 0.285. The van der Waals surface area contributed by atoms with E-state index in [0.29, 0.717) is 10.2 Å². The topological polar surface area (TPSA) is 85.1 Å². The molecule has 0 unspecified atom stereocenters. The third-order valence-corrected chi connectivity index (χ3v) is 4.48. The third-order valence-electron chi connectivity index (χ3n) is 2.44. The van der Waals surface area contributed by atoms with Gasteiger partial charge in [0.1, 0.15) is 5.82 Å². The van der Waals surface area contributed by atoms with Gasteiger partial charge in [0.15, 0.2) is 0 Å². The first-order valence-corrected chi connectivity index (χ1v) is 7.66. The lowest BCUT2D eigenvalue weighted by atomic mass is 10.3. The molecule has 0 aliphatic carbocycles. The van der Waals surface area contributed by atoms with Crippen molar-refractivity contribution >= 4 is 37.5 Å². The summed E-state index contributed by atoms with van der Waals surface area (Å²) in [6, 6.07) is 7.87. The van der Waals surface area contributed by atoms with Crippen LogP contribution in [0.25, 0.3) is 0 Å². The lowest BCUT2D eigenvalue weighted by Gasteiger charge is -2.08. The van der Waals surface area contributed by atoms with E-state index in [2.05, 4.69) is 25.6 Å². The molecule has 3 N–H and O–H groups in total. The molecule has 1 aromatic carbocycles. The first-order valence-electron chi connectivity index (χ1n) is 5.39. The minimum Gasteiger partial charge on any atom is -0.398 e. The zero-order chi connectivity index (χ0) is 14.0. The molecule has 0 aliphatic heterocycles. The number of nitrogens with one attached hydrogen (secondary N) is 1. The van der Waals surface area contributed by atoms with Gasteiger partial charge in [-0.3, -0.25) is 4.72 Å². The van der Waals surface area contributed by atoms with Gasteiger partial charge < -0.3 is 5.73 Å². The van der Waals surface area contributed by atoms with Crippen molar-refractivity contribution in [2.75, 3.05) is 10.5 Å². The van der Waals surface area contributed by atoms with Crippen LogP contribution in [0.3, 0.4) is 0 Å². The van der Waals surface area contributed by atoms with Gasteiger partial charge in [0, 0.05) is 16.4 Å². The van der Waals surface area contributed by atoms with Crippen LogP contribution < -0.4 is 10.5 Å². The van der Waals surface area contributed by atoms with E-state index in [-0.39, 0.29) is 10.7 Å². The van der Waals surface area contributed by atoms with Crippen LogP contribution >= 0.6 is 15.9 Å². The molecule has 1 heterocycles. The van der Waals surface area contributed by atoms with Gasteiger partial charge in [-0.05, 0) is 58.7 Å². The molecule has 0 spiro atoms. The minimum absolute atomic E-state index is 0.122. The van der Waals surface area contributed by atoms with Gasteiger partial charge in [0.05, 0.1) is 4.90 Å². The average molecular weight is 342 g/mol. The number of nitrogens with zero attached hydrogens (tertiary/aromatic N) is 1. The molecule has 7 heteroatoms. The number of hydrogen-bond acceptors (Lipinski definition) is 4. The number of anilines is 2. The van der Waals surface area contributed by atoms with Crippen LogP contribution in [0.5, 0.6) is 0 Å². The summed E-state index contributed by atoms with van der Waals surface area (Å²) in [6.45, 7) is 1.86. The number of aryl methyl sites for hydroxylation is 1. The quantitative estimate of drug-likeness (QED) is 0.840. The second-order valence-electron chi connectivity index (χ2n) is 4.01. The minimum atomic E-state index is -3.67. The maximum Gasteiger partial charge on any atom is 0.263 e. The lowest BCUT2D eigenvalue weighted by Crippen LogP contribution is -2.14. The molecule has 0 amide bonds. The Morgan fingerprint density at radius 2 is 2.00 bits per heavy atom. The van der Waals surface area contributed by atoms with E-state index < -0.39 is 10.0 Å². The molecule has 1 aromatic heterocycles. The smallest absolute Gasteiger partial charge is 0.263 e. The fraction of sp³-hybridized carbons (Fsp3) is 0.0833. The molecule has 0 radical (unpaired) electrons. The van der Waals surface area contributed by atoms with Crippen LogP contribution in [0.4, 0.5) is 11.5 Å². The van der Waals surface area contributed by atoms with Crippen LogP contribution in [0.15, 0.2) is 45.9 Å². The molecule has 19 heavy (non-hydrogen) atoms. The fourth-order valence-electron chi connectivity index (χ4n) is 1.46. The Labute approximate surface area is 120 Å². The Morgan fingerprint density at radius 3 is 2.63 bits per heavy atom. The second kappa shape index (κ2) is 5.18. The van der Waals surface area contributed by atoms with E-state index in [1.807, 2.05) is 6.92 Å². The van der Waals surface area contributed by atoms with Crippen molar-refractivity contribution in [3.05, 3.63) is 46.6 Å². The summed E-state index contributed by atoms with van der Waals surface area (Å²) in [6.07, 6.45) is 1.55. The fourth-order valence-corrected chi connectivity index (χ4v) is 3.02. The third kappa shape index (κ3) is 3.24. The van der Waals surface area contributed by atoms with E-state index in [4.69, 9.17) is 5.73 Å². The maximum atomic E-state index is 12.2. The van der Waals surface area contributed by atoms with E-state index in [9.17, 15) is 8.42 Å². The number of halogens is 1. The van der Waals surface area contributed by atoms with Gasteiger partial charge in [-0.25, -0.2) is 13.4 Å². The van der Waals surface area contributed by atoms with Crippen LogP contribution in [0, 0.1) is 6.92 Å². The largest absolute Gasteiger partial charge is 0.398 e. The van der Waals surface area contributed by atoms with Crippen molar-refractivity contribution in [2.24, 2.45) is 0 Å². The zero-order valence-electron chi connectivity index (χ0n) is 10.1. The van der Waals surface area contributed by atoms with Crippen molar-refractivity contribution in [3.63, 3.8) is 0 Å². The summed E-state index contributed by atoms with van der Waals surface area (Å²) in [5, 5.41) is 0. The number of sulfonamides is 1. The van der Waals surface area contributed by atoms with Gasteiger partial charge in [-0.1, -0.05) is 0 Å². The standard InChI is InChI=1S/C12H12BrN3O2S/c1-8-4-5-15-12(6-8)16-19(17,18)9-2-3-11(14)10(13)7-9/h2-7H,14H2,1H3,(H,15,16). The maximum absolute atomic E-state index is 12.2. The number of benzene rings is 1. The highest BCUT2D eigenvalue weighted by molar-refractivity contribution is 9.10. The van der Waals surface area contributed by atoms with Crippen molar-refractivity contribution in [3.8, 4) is 0 Å². The van der Waals surface area contributed by atoms with Crippen molar-refractivity contribution < 1.29 is 8.42 Å². The zero-order valence-corrected chi connectivity index (χ0v) is 12.5. The van der Waals surface area contributed by atoms with Crippen molar-refractivity contribution in [1.82, 2.24) is 4.98 Å². The molecule has 0 bridgehead atoms. The summed E-state index contributed by atoms with van der Waals surface area (Å²) in [4.78, 5) is 4.09. The van der Waals surface area contributed by atoms with Crippen LogP contribution in [-0.2, 0) is 10.0 Å². The van der Waals surface area contributed by atoms with Crippen molar-refractivity contribution in [2.45, 2.75) is 11.8 Å². The molecule has 2 aromatic rings. The predicted octanol–water partition coefficient (Wildman–Crippen LogP) is 2.54. The number of hydrogen-bond donors (Lipinski definition) is 2. The molecule has 5 nitrogen and oxygen atoms in total. The normalized spacial score (nSPS) is 11.3. The molecule has 100 valence electrons. The summed E-state index contributed by atoms with van der Waals surface area (Å²) >= 11 is 3.20. The summed E-state index contributed by atoms with van der Waals surface area (Å²) in [5.41, 5.74) is 7.03. The Balaban J connectivity index is 2.35. The Kier molecular flexibility index (Phi) is 3.77. The van der Waals surface area contributed by atoms with Crippen LogP contribution in [0.2, 0.25) is 0 Å². The van der Waals surface area contributed by atoms with Crippen LogP contribution in [-0.4, -0.2) is 13.4 Å². The van der Waals surface area contributed by atoms with Crippen molar-refractivity contribution in [1.29, 1.82) is 0 Å². The van der Waals surface area contributed by atoms with Gasteiger partial charge in [0.2, 0.25) is 0 Å². The lowest BCUT2D eigenvalue weighted by molar-refractivity contribution is 0.601. The molecule has 0 atom stereocenters. The van der Waals surface area contributed by atoms with Gasteiger partial charge in [-0.15, -0.1) is 0 Å². The highest BCUT2D eigenvalue weighted by Crippen LogP contribution is 2.24. The number of nitrogens with two attached hydrogens (primary N) is 1. The van der Waals surface area contributed by atoms with Crippen LogP contribution in [0.1, 0.15) is 5.56 Å². The van der Waals surface area contributed by atoms with Gasteiger partial charge >= 0.3 is 0 Å². The second-order valence-corrected chi connectivity index (χ2v) is 6.54. The molecule has 0 saturated carbocycles. The van der Waals surface area contributed by atoms with E-state index in [1.165, 1.54) is 18.2 Å². The molecular weight excluding hydrogens is 330 g/mol. The van der Waals surface area contributed by atoms with E-state index in [1.54, 1.807) is 18.3 Å². The molecule has 0 saturated heterocycles. The first-order chi connectivity index (χ1) is 8.88. The predicted molar refractivity (Wildman–Crippen MR) is 78.3 cm³/mol.